The first kappa shape index (κ1) is 15.9. The molecule has 7 heteroatoms. The molecule has 7 nitrogen and oxygen atoms in total. The highest BCUT2D eigenvalue weighted by molar-refractivity contribution is 5.94. The van der Waals surface area contributed by atoms with Crippen LogP contribution in [0.1, 0.15) is 26.2 Å². The number of amides is 3. The van der Waals surface area contributed by atoms with Crippen molar-refractivity contribution in [3.8, 4) is 6.07 Å². The SMILES string of the molecule is CC(CC(=O)O)CC(=O)NC(=O)N(C)CCC#N. The minimum atomic E-state index is -0.979. The van der Waals surface area contributed by atoms with Crippen LogP contribution in [0.2, 0.25) is 0 Å². The molecule has 18 heavy (non-hydrogen) atoms. The van der Waals surface area contributed by atoms with Gasteiger partial charge >= 0.3 is 12.0 Å². The summed E-state index contributed by atoms with van der Waals surface area (Å²) in [6.07, 6.45) is 0.0452. The van der Waals surface area contributed by atoms with Crippen molar-refractivity contribution in [1.82, 2.24) is 10.2 Å². The van der Waals surface area contributed by atoms with Crippen molar-refractivity contribution >= 4 is 17.9 Å². The molecule has 0 fully saturated rings. The van der Waals surface area contributed by atoms with Crippen LogP contribution in [-0.2, 0) is 9.59 Å². The van der Waals surface area contributed by atoms with Crippen LogP contribution in [0.25, 0.3) is 0 Å². The summed E-state index contributed by atoms with van der Waals surface area (Å²) in [5.74, 6) is -1.83. The minimum absolute atomic E-state index is 0.0237. The summed E-state index contributed by atoms with van der Waals surface area (Å²) in [6.45, 7) is 1.86. The molecule has 0 aliphatic rings. The van der Waals surface area contributed by atoms with Crippen LogP contribution < -0.4 is 5.32 Å². The normalized spacial score (nSPS) is 11.2. The Balaban J connectivity index is 4.04. The number of carboxylic acid groups (broad SMARTS) is 1. The quantitative estimate of drug-likeness (QED) is 0.720. The summed E-state index contributed by atoms with van der Waals surface area (Å²) < 4.78 is 0. The van der Waals surface area contributed by atoms with Crippen molar-refractivity contribution in [3.63, 3.8) is 0 Å². The van der Waals surface area contributed by atoms with E-state index >= 15 is 0 Å². The molecule has 0 heterocycles. The van der Waals surface area contributed by atoms with Crippen molar-refractivity contribution in [2.45, 2.75) is 26.2 Å². The maximum Gasteiger partial charge on any atom is 0.323 e. The molecule has 0 aromatic heterocycles. The summed E-state index contributed by atoms with van der Waals surface area (Å²) in [5, 5.41) is 19.0. The van der Waals surface area contributed by atoms with Gasteiger partial charge in [-0.05, 0) is 5.92 Å². The second-order valence-corrected chi connectivity index (χ2v) is 4.09. The third-order valence-electron chi connectivity index (χ3n) is 2.21. The lowest BCUT2D eigenvalue weighted by Crippen LogP contribution is -2.41. The fourth-order valence-corrected chi connectivity index (χ4v) is 1.27. The molecule has 0 aromatic carbocycles. The van der Waals surface area contributed by atoms with Gasteiger partial charge in [-0.1, -0.05) is 6.92 Å². The number of nitriles is 1. The molecule has 0 saturated carbocycles. The summed E-state index contributed by atoms with van der Waals surface area (Å²) >= 11 is 0. The Bertz CT molecular complexity index is 362. The number of hydrogen-bond acceptors (Lipinski definition) is 4. The average molecular weight is 255 g/mol. The molecule has 100 valence electrons. The number of imide groups is 1. The lowest BCUT2D eigenvalue weighted by Gasteiger charge is -2.16. The highest BCUT2D eigenvalue weighted by atomic mass is 16.4. The van der Waals surface area contributed by atoms with Gasteiger partial charge in [-0.15, -0.1) is 0 Å². The Morgan fingerprint density at radius 2 is 2.00 bits per heavy atom. The fraction of sp³-hybridized carbons (Fsp3) is 0.636. The molecule has 0 spiro atoms. The first-order chi connectivity index (χ1) is 8.36. The number of carboxylic acids is 1. The predicted molar refractivity (Wildman–Crippen MR) is 62.4 cm³/mol. The monoisotopic (exact) mass is 255 g/mol. The Labute approximate surface area is 105 Å². The predicted octanol–water partition coefficient (Wildman–Crippen LogP) is 0.569. The zero-order valence-electron chi connectivity index (χ0n) is 10.5. The molecular weight excluding hydrogens is 238 g/mol. The third kappa shape index (κ3) is 7.22. The van der Waals surface area contributed by atoms with Crippen LogP contribution >= 0.6 is 0 Å². The number of nitrogens with one attached hydrogen (secondary N) is 1. The van der Waals surface area contributed by atoms with E-state index in [1.807, 2.05) is 6.07 Å². The van der Waals surface area contributed by atoms with Gasteiger partial charge in [0.1, 0.15) is 0 Å². The van der Waals surface area contributed by atoms with Crippen LogP contribution in [0, 0.1) is 17.2 Å². The van der Waals surface area contributed by atoms with Gasteiger partial charge in [0.15, 0.2) is 0 Å². The fourth-order valence-electron chi connectivity index (χ4n) is 1.27. The van der Waals surface area contributed by atoms with E-state index in [4.69, 9.17) is 10.4 Å². The van der Waals surface area contributed by atoms with Gasteiger partial charge in [0.05, 0.1) is 12.5 Å². The molecule has 0 aliphatic carbocycles. The van der Waals surface area contributed by atoms with Crippen LogP contribution in [0.15, 0.2) is 0 Å². The lowest BCUT2D eigenvalue weighted by atomic mass is 10.0. The van der Waals surface area contributed by atoms with E-state index in [1.54, 1.807) is 6.92 Å². The molecule has 0 radical (unpaired) electrons. The molecule has 0 aromatic rings. The second-order valence-electron chi connectivity index (χ2n) is 4.09. The van der Waals surface area contributed by atoms with Gasteiger partial charge in [0, 0.05) is 26.4 Å². The molecule has 0 saturated heterocycles. The van der Waals surface area contributed by atoms with E-state index in [9.17, 15) is 14.4 Å². The molecule has 2 N–H and O–H groups in total. The summed E-state index contributed by atoms with van der Waals surface area (Å²) in [4.78, 5) is 34.5. The third-order valence-corrected chi connectivity index (χ3v) is 2.21. The van der Waals surface area contributed by atoms with Crippen molar-refractivity contribution in [3.05, 3.63) is 0 Å². The number of aliphatic carboxylic acids is 1. The van der Waals surface area contributed by atoms with Gasteiger partial charge in [-0.3, -0.25) is 14.9 Å². The smallest absolute Gasteiger partial charge is 0.323 e. The van der Waals surface area contributed by atoms with E-state index < -0.39 is 17.9 Å². The Kier molecular flexibility index (Phi) is 7.12. The zero-order valence-corrected chi connectivity index (χ0v) is 10.5. The standard InChI is InChI=1S/C11H17N3O4/c1-8(7-10(16)17)6-9(15)13-11(18)14(2)5-3-4-12/h8H,3,5-7H2,1-2H3,(H,16,17)(H,13,15,18). The molecular formula is C11H17N3O4. The van der Waals surface area contributed by atoms with Gasteiger partial charge in [-0.25, -0.2) is 4.79 Å². The largest absolute Gasteiger partial charge is 0.481 e. The first-order valence-corrected chi connectivity index (χ1v) is 5.50. The molecule has 0 bridgehead atoms. The molecule has 1 unspecified atom stereocenters. The first-order valence-electron chi connectivity index (χ1n) is 5.50. The minimum Gasteiger partial charge on any atom is -0.481 e. The van der Waals surface area contributed by atoms with E-state index in [-0.39, 0.29) is 31.7 Å². The number of rotatable bonds is 6. The number of hydrogen-bond donors (Lipinski definition) is 2. The highest BCUT2D eigenvalue weighted by Crippen LogP contribution is 2.06. The summed E-state index contributed by atoms with van der Waals surface area (Å²) in [5.41, 5.74) is 0. The van der Waals surface area contributed by atoms with Gasteiger partial charge in [0.2, 0.25) is 5.91 Å². The van der Waals surface area contributed by atoms with Crippen LogP contribution in [0.5, 0.6) is 0 Å². The number of urea groups is 1. The number of nitrogens with zero attached hydrogens (tertiary/aromatic N) is 2. The van der Waals surface area contributed by atoms with E-state index in [0.717, 1.165) is 0 Å². The van der Waals surface area contributed by atoms with Crippen LogP contribution in [0.4, 0.5) is 4.79 Å². The lowest BCUT2D eigenvalue weighted by molar-refractivity contribution is -0.138. The maximum absolute atomic E-state index is 11.4. The molecule has 0 rings (SSSR count). The highest BCUT2D eigenvalue weighted by Gasteiger charge is 2.16. The number of carbonyl (C=O) groups is 3. The molecule has 1 atom stereocenters. The van der Waals surface area contributed by atoms with Crippen molar-refractivity contribution in [2.75, 3.05) is 13.6 Å². The summed E-state index contributed by atoms with van der Waals surface area (Å²) in [7, 11) is 1.47. The maximum atomic E-state index is 11.4. The van der Waals surface area contributed by atoms with Crippen molar-refractivity contribution in [2.24, 2.45) is 5.92 Å². The average Bonchev–Trinajstić information content (AvgIpc) is 2.23. The molecule has 0 aliphatic heterocycles. The topological polar surface area (TPSA) is 110 Å². The van der Waals surface area contributed by atoms with E-state index in [0.29, 0.717) is 0 Å². The van der Waals surface area contributed by atoms with Gasteiger partial charge in [-0.2, -0.15) is 5.26 Å². The summed E-state index contributed by atoms with van der Waals surface area (Å²) in [6, 6.07) is 1.30. The van der Waals surface area contributed by atoms with Crippen LogP contribution in [-0.4, -0.2) is 41.5 Å². The Morgan fingerprint density at radius 3 is 2.50 bits per heavy atom. The Morgan fingerprint density at radius 1 is 1.39 bits per heavy atom. The van der Waals surface area contributed by atoms with Gasteiger partial charge in [0.25, 0.3) is 0 Å². The van der Waals surface area contributed by atoms with Gasteiger partial charge < -0.3 is 10.0 Å². The Hall–Kier alpha value is -2.10. The molecule has 3 amide bonds. The van der Waals surface area contributed by atoms with Crippen LogP contribution in [0.3, 0.4) is 0 Å². The van der Waals surface area contributed by atoms with Crippen molar-refractivity contribution in [1.29, 1.82) is 5.26 Å². The second kappa shape index (κ2) is 8.06. The van der Waals surface area contributed by atoms with E-state index in [2.05, 4.69) is 5.32 Å². The zero-order chi connectivity index (χ0) is 14.1. The van der Waals surface area contributed by atoms with E-state index in [1.165, 1.54) is 11.9 Å². The van der Waals surface area contributed by atoms with Crippen molar-refractivity contribution < 1.29 is 19.5 Å². The number of carbonyl (C=O) groups excluding carboxylic acids is 2.